The summed E-state index contributed by atoms with van der Waals surface area (Å²) in [5, 5.41) is 8.97. The van der Waals surface area contributed by atoms with Crippen molar-refractivity contribution in [3.05, 3.63) is 95.7 Å². The molecule has 0 bridgehead atoms. The van der Waals surface area contributed by atoms with Crippen LogP contribution in [0, 0.1) is 0 Å². The number of carboxylic acids is 1. The molecule has 0 amide bonds. The monoisotopic (exact) mass is 627 g/mol. The number of anilines is 1. The fourth-order valence-corrected chi connectivity index (χ4v) is 6.95. The topological polar surface area (TPSA) is 101 Å². The first-order valence-corrected chi connectivity index (χ1v) is 16.7. The van der Waals surface area contributed by atoms with E-state index in [1.807, 2.05) is 18.2 Å². The van der Waals surface area contributed by atoms with Crippen LogP contribution in [-0.4, -0.2) is 53.2 Å². The van der Waals surface area contributed by atoms with Gasteiger partial charge in [-0.25, -0.2) is 8.42 Å². The summed E-state index contributed by atoms with van der Waals surface area (Å²) in [5.41, 5.74) is 6.80. The van der Waals surface area contributed by atoms with Crippen LogP contribution < -0.4 is 34.5 Å². The second-order valence-electron chi connectivity index (χ2n) is 12.4. The number of carbonyl (C=O) groups is 1. The Hall–Kier alpha value is -2.49. The number of unbranched alkanes of at least 4 members (excludes halogenated alkanes) is 3. The summed E-state index contributed by atoms with van der Waals surface area (Å²) in [4.78, 5) is 13.2. The molecule has 0 saturated carbocycles. The molecule has 230 valence electrons. The van der Waals surface area contributed by atoms with Gasteiger partial charge in [0, 0.05) is 59.6 Å². The van der Waals surface area contributed by atoms with Gasteiger partial charge in [0.05, 0.1) is 15.5 Å². The maximum absolute atomic E-state index is 11.1. The number of hydrogen-bond donors (Lipinski definition) is 1. The van der Waals surface area contributed by atoms with Gasteiger partial charge in [-0.3, -0.25) is 4.79 Å². The Morgan fingerprint density at radius 1 is 0.886 bits per heavy atom. The first-order valence-electron chi connectivity index (χ1n) is 15.2. The summed E-state index contributed by atoms with van der Waals surface area (Å²) in [5.74, 6) is -1.08. The Morgan fingerprint density at radius 2 is 1.57 bits per heavy atom. The molecule has 44 heavy (non-hydrogen) atoms. The first-order chi connectivity index (χ1) is 20.3. The molecule has 7 nitrogen and oxygen atoms in total. The second kappa shape index (κ2) is 15.2. The van der Waals surface area contributed by atoms with Gasteiger partial charge in [0.25, 0.3) is 0 Å². The molecule has 0 aliphatic carbocycles. The SMILES string of the molecule is CC1(C)C(/C=C/C=C/C=C2/N(CCCCS(=O)(=O)[O-])c3ccccc3C2(C)C)=[N+](CCCCCC(=O)O)c2ccccc21.[Na+]. The molecule has 2 aliphatic rings. The van der Waals surface area contributed by atoms with Crippen LogP contribution in [0.1, 0.15) is 77.3 Å². The molecule has 2 aromatic rings. The molecule has 0 radical (unpaired) electrons. The second-order valence-corrected chi connectivity index (χ2v) is 14.0. The van der Waals surface area contributed by atoms with Gasteiger partial charge in [-0.15, -0.1) is 0 Å². The van der Waals surface area contributed by atoms with Gasteiger partial charge >= 0.3 is 35.5 Å². The standard InChI is InChI=1S/C35H44N2O5S.Na/c1-34(2)27-17-10-12-19-29(27)36(24-14-6-9-23-33(38)39)31(34)21-7-5-8-22-32-35(3,4)28-18-11-13-20-30(28)37(32)25-15-16-26-43(40,41)42;/h5,7-8,10-13,17-22H,6,9,14-16,23-26H2,1-4H3,(H-,38,39,40,41,42);/q;+1. The molecule has 0 unspecified atom stereocenters. The van der Waals surface area contributed by atoms with Crippen molar-refractivity contribution in [1.29, 1.82) is 0 Å². The van der Waals surface area contributed by atoms with Crippen LogP contribution in [0.25, 0.3) is 0 Å². The minimum Gasteiger partial charge on any atom is -0.748 e. The molecule has 2 aromatic carbocycles. The number of aliphatic carboxylic acids is 1. The summed E-state index contributed by atoms with van der Waals surface area (Å²) in [6, 6.07) is 16.8. The van der Waals surface area contributed by atoms with Crippen molar-refractivity contribution in [2.75, 3.05) is 23.7 Å². The minimum atomic E-state index is -4.21. The summed E-state index contributed by atoms with van der Waals surface area (Å²) in [6.45, 7) is 10.4. The van der Waals surface area contributed by atoms with Crippen LogP contribution in [0.15, 0.2) is 84.6 Å². The number of benzene rings is 2. The smallest absolute Gasteiger partial charge is 0.748 e. The molecule has 0 aromatic heterocycles. The Labute approximate surface area is 285 Å². The number of hydrogen-bond acceptors (Lipinski definition) is 5. The van der Waals surface area contributed by atoms with E-state index in [4.69, 9.17) is 5.11 Å². The molecule has 0 saturated heterocycles. The molecular formula is C35H44N2NaO5S+. The van der Waals surface area contributed by atoms with E-state index in [9.17, 15) is 17.8 Å². The average molecular weight is 628 g/mol. The summed E-state index contributed by atoms with van der Waals surface area (Å²) in [7, 11) is -4.21. The van der Waals surface area contributed by atoms with Gasteiger partial charge in [-0.1, -0.05) is 68.5 Å². The Kier molecular flexibility index (Phi) is 12.4. The van der Waals surface area contributed by atoms with Crippen molar-refractivity contribution in [2.45, 2.75) is 77.0 Å². The van der Waals surface area contributed by atoms with E-state index in [1.165, 1.54) is 22.5 Å². The molecule has 2 heterocycles. The number of nitrogens with zero attached hydrogens (tertiary/aromatic N) is 2. The number of para-hydroxylation sites is 2. The average Bonchev–Trinajstić information content (AvgIpc) is 3.29. The molecule has 0 atom stereocenters. The Morgan fingerprint density at radius 3 is 2.27 bits per heavy atom. The molecule has 0 spiro atoms. The number of allylic oxidation sites excluding steroid dienone is 6. The quantitative estimate of drug-likeness (QED) is 0.112. The van der Waals surface area contributed by atoms with Gasteiger partial charge in [0.1, 0.15) is 6.54 Å². The molecule has 1 N–H and O–H groups in total. The van der Waals surface area contributed by atoms with Crippen LogP contribution >= 0.6 is 0 Å². The van der Waals surface area contributed by atoms with E-state index >= 15 is 0 Å². The minimum absolute atomic E-state index is 0. The Bertz CT molecular complexity index is 1570. The van der Waals surface area contributed by atoms with E-state index in [1.54, 1.807) is 0 Å². The zero-order valence-electron chi connectivity index (χ0n) is 26.8. The largest absolute Gasteiger partial charge is 1.00 e. The number of carboxylic acid groups (broad SMARTS) is 1. The van der Waals surface area contributed by atoms with Crippen molar-refractivity contribution in [3.63, 3.8) is 0 Å². The number of rotatable bonds is 14. The van der Waals surface area contributed by atoms with Gasteiger partial charge in [0.2, 0.25) is 5.69 Å². The third kappa shape index (κ3) is 8.40. The van der Waals surface area contributed by atoms with E-state index in [0.717, 1.165) is 30.8 Å². The van der Waals surface area contributed by atoms with E-state index in [0.29, 0.717) is 25.8 Å². The van der Waals surface area contributed by atoms with Crippen LogP contribution in [0.4, 0.5) is 11.4 Å². The summed E-state index contributed by atoms with van der Waals surface area (Å²) < 4.78 is 35.7. The van der Waals surface area contributed by atoms with Crippen molar-refractivity contribution in [3.8, 4) is 0 Å². The normalized spacial score (nSPS) is 17.8. The fraction of sp³-hybridized carbons (Fsp3) is 0.429. The predicted molar refractivity (Wildman–Crippen MR) is 172 cm³/mol. The molecule has 0 fully saturated rings. The molecule has 2 aliphatic heterocycles. The molecular weight excluding hydrogens is 583 g/mol. The zero-order valence-corrected chi connectivity index (χ0v) is 29.6. The summed E-state index contributed by atoms with van der Waals surface area (Å²) >= 11 is 0. The number of fused-ring (bicyclic) bond motifs is 2. The summed E-state index contributed by atoms with van der Waals surface area (Å²) in [6.07, 6.45) is 14.1. The third-order valence-corrected chi connectivity index (χ3v) is 9.42. The first kappa shape index (κ1) is 36.0. The zero-order chi connectivity index (χ0) is 31.3. The van der Waals surface area contributed by atoms with Gasteiger partial charge in [0.15, 0.2) is 5.71 Å². The molecule has 4 rings (SSSR count). The Balaban J connectivity index is 0.00000529. The van der Waals surface area contributed by atoms with Crippen molar-refractivity contribution < 1.29 is 57.0 Å². The van der Waals surface area contributed by atoms with E-state index in [2.05, 4.69) is 97.9 Å². The maximum Gasteiger partial charge on any atom is 1.00 e. The maximum atomic E-state index is 11.1. The van der Waals surface area contributed by atoms with Crippen molar-refractivity contribution >= 4 is 33.2 Å². The van der Waals surface area contributed by atoms with Crippen LogP contribution in [-0.2, 0) is 25.7 Å². The van der Waals surface area contributed by atoms with Gasteiger partial charge in [-0.05, 0) is 57.2 Å². The van der Waals surface area contributed by atoms with Crippen LogP contribution in [0.2, 0.25) is 0 Å². The fourth-order valence-electron chi connectivity index (χ4n) is 6.39. The molecule has 9 heteroatoms. The van der Waals surface area contributed by atoms with E-state index in [-0.39, 0.29) is 52.6 Å². The van der Waals surface area contributed by atoms with E-state index < -0.39 is 16.1 Å². The van der Waals surface area contributed by atoms with Crippen LogP contribution in [0.3, 0.4) is 0 Å². The predicted octanol–water partition coefficient (Wildman–Crippen LogP) is 3.83. The third-order valence-electron chi connectivity index (χ3n) is 8.63. The van der Waals surface area contributed by atoms with Crippen LogP contribution in [0.5, 0.6) is 0 Å². The van der Waals surface area contributed by atoms with Gasteiger partial charge in [-0.2, -0.15) is 4.58 Å². The van der Waals surface area contributed by atoms with Gasteiger partial charge < -0.3 is 14.6 Å². The van der Waals surface area contributed by atoms with Crippen molar-refractivity contribution in [2.24, 2.45) is 0 Å². The van der Waals surface area contributed by atoms with Crippen molar-refractivity contribution in [1.82, 2.24) is 0 Å².